The van der Waals surface area contributed by atoms with Gasteiger partial charge in [0.1, 0.15) is 17.6 Å². The zero-order chi connectivity index (χ0) is 25.1. The number of nitrogens with one attached hydrogen (secondary N) is 2. The summed E-state index contributed by atoms with van der Waals surface area (Å²) in [6, 6.07) is 7.48. The van der Waals surface area contributed by atoms with E-state index in [1.54, 1.807) is 37.3 Å². The quantitative estimate of drug-likeness (QED) is 0.143. The maximum atomic E-state index is 12.7. The zero-order valence-electron chi connectivity index (χ0n) is 19.2. The second kappa shape index (κ2) is 13.0. The number of aryl methyl sites for hydroxylation is 1. The minimum absolute atomic E-state index is 0.0737. The molecule has 11 nitrogen and oxygen atoms in total. The number of carboxylic acid groups (broad SMARTS) is 1. The van der Waals surface area contributed by atoms with E-state index in [-0.39, 0.29) is 30.4 Å². The van der Waals surface area contributed by atoms with Crippen molar-refractivity contribution < 1.29 is 23.9 Å². The van der Waals surface area contributed by atoms with Crippen molar-refractivity contribution in [1.82, 2.24) is 5.32 Å². The summed E-state index contributed by atoms with van der Waals surface area (Å²) in [5.41, 5.74) is 17.5. The Labute approximate surface area is 197 Å². The number of hydrogen-bond donors (Lipinski definition) is 6. The first-order valence-electron chi connectivity index (χ1n) is 11.0. The number of aliphatic carboxylic acids is 1. The number of guanidine groups is 1. The summed E-state index contributed by atoms with van der Waals surface area (Å²) in [6.45, 7) is 2.45. The fourth-order valence-corrected chi connectivity index (χ4v) is 3.22. The molecule has 1 aromatic carbocycles. The van der Waals surface area contributed by atoms with Crippen LogP contribution >= 0.6 is 0 Å². The lowest BCUT2D eigenvalue weighted by molar-refractivity contribution is -0.139. The third-order valence-electron chi connectivity index (χ3n) is 5.02. The number of hydrogen-bond acceptors (Lipinski definition) is 6. The number of anilines is 1. The Bertz CT molecular complexity index is 1010. The molecule has 0 bridgehead atoms. The Morgan fingerprint density at radius 3 is 2.44 bits per heavy atom. The third-order valence-corrected chi connectivity index (χ3v) is 5.02. The van der Waals surface area contributed by atoms with E-state index < -0.39 is 17.9 Å². The maximum Gasteiger partial charge on any atom is 0.326 e. The molecule has 184 valence electrons. The van der Waals surface area contributed by atoms with Crippen molar-refractivity contribution >= 4 is 29.4 Å². The van der Waals surface area contributed by atoms with Gasteiger partial charge in [-0.3, -0.25) is 14.6 Å². The van der Waals surface area contributed by atoms with Crippen LogP contribution < -0.4 is 27.8 Å². The van der Waals surface area contributed by atoms with Gasteiger partial charge in [0.05, 0.1) is 5.56 Å². The number of benzene rings is 1. The number of carbonyl (C=O) groups is 3. The van der Waals surface area contributed by atoms with Crippen LogP contribution in [0.3, 0.4) is 0 Å². The number of nitrogens with two attached hydrogens (primary N) is 3. The standard InChI is InChI=1S/C23H32N6O5/c1-14-17(21(31)29-18(22(32)33)5-4-12-27-23(25)26)13-19(34-14)15-7-9-16(10-8-15)28-20(30)6-2-3-11-24/h7-10,13,18H,2-6,11-12,24H2,1H3,(H,28,30)(H,29,31)(H,32,33)(H4,25,26,27)/t18-/m0/s1. The molecule has 0 saturated carbocycles. The first kappa shape index (κ1) is 26.4. The molecule has 1 atom stereocenters. The lowest BCUT2D eigenvalue weighted by Gasteiger charge is -2.13. The van der Waals surface area contributed by atoms with Gasteiger partial charge in [-0.15, -0.1) is 0 Å². The van der Waals surface area contributed by atoms with Gasteiger partial charge >= 0.3 is 5.97 Å². The zero-order valence-corrected chi connectivity index (χ0v) is 19.2. The molecule has 2 amide bonds. The minimum Gasteiger partial charge on any atom is -0.480 e. The molecule has 0 radical (unpaired) electrons. The topological polar surface area (TPSA) is 199 Å². The van der Waals surface area contributed by atoms with E-state index in [0.29, 0.717) is 42.2 Å². The van der Waals surface area contributed by atoms with Crippen molar-refractivity contribution in [3.05, 3.63) is 41.7 Å². The minimum atomic E-state index is -1.15. The fourth-order valence-electron chi connectivity index (χ4n) is 3.22. The van der Waals surface area contributed by atoms with Gasteiger partial charge < -0.3 is 37.4 Å². The van der Waals surface area contributed by atoms with Crippen LogP contribution in [0.1, 0.15) is 48.2 Å². The lowest BCUT2D eigenvalue weighted by Crippen LogP contribution is -2.41. The molecule has 1 aromatic heterocycles. The van der Waals surface area contributed by atoms with Crippen molar-refractivity contribution in [2.24, 2.45) is 22.2 Å². The molecular weight excluding hydrogens is 440 g/mol. The van der Waals surface area contributed by atoms with Gasteiger partial charge in [0.15, 0.2) is 5.96 Å². The van der Waals surface area contributed by atoms with Crippen LogP contribution in [0.2, 0.25) is 0 Å². The van der Waals surface area contributed by atoms with Crippen molar-refractivity contribution in [1.29, 1.82) is 0 Å². The van der Waals surface area contributed by atoms with Crippen LogP contribution in [-0.4, -0.2) is 48.0 Å². The molecule has 0 aliphatic carbocycles. The van der Waals surface area contributed by atoms with Gasteiger partial charge in [-0.1, -0.05) is 0 Å². The molecule has 11 heteroatoms. The van der Waals surface area contributed by atoms with Crippen LogP contribution in [0, 0.1) is 6.92 Å². The summed E-state index contributed by atoms with van der Waals surface area (Å²) < 4.78 is 5.72. The van der Waals surface area contributed by atoms with E-state index in [2.05, 4.69) is 15.6 Å². The van der Waals surface area contributed by atoms with Gasteiger partial charge in [-0.05, 0) is 69.5 Å². The number of carboxylic acids is 1. The first-order chi connectivity index (χ1) is 16.2. The molecule has 0 aliphatic heterocycles. The highest BCUT2D eigenvalue weighted by atomic mass is 16.4. The molecule has 2 rings (SSSR count). The molecule has 0 spiro atoms. The molecule has 0 saturated heterocycles. The van der Waals surface area contributed by atoms with Gasteiger partial charge in [-0.2, -0.15) is 0 Å². The number of furan rings is 1. The summed E-state index contributed by atoms with van der Waals surface area (Å²) in [7, 11) is 0. The van der Waals surface area contributed by atoms with Crippen LogP contribution in [0.15, 0.2) is 39.7 Å². The summed E-state index contributed by atoms with van der Waals surface area (Å²) in [5.74, 6) is -1.06. The number of aliphatic imine (C=N–C) groups is 1. The second-order valence-corrected chi connectivity index (χ2v) is 7.76. The maximum absolute atomic E-state index is 12.7. The summed E-state index contributed by atoms with van der Waals surface area (Å²) in [6.07, 6.45) is 2.49. The summed E-state index contributed by atoms with van der Waals surface area (Å²) in [5, 5.41) is 14.8. The van der Waals surface area contributed by atoms with E-state index in [9.17, 15) is 19.5 Å². The van der Waals surface area contributed by atoms with E-state index >= 15 is 0 Å². The third kappa shape index (κ3) is 8.24. The number of nitrogens with zero attached hydrogens (tertiary/aromatic N) is 1. The average Bonchev–Trinajstić information content (AvgIpc) is 3.17. The van der Waals surface area contributed by atoms with E-state index in [1.165, 1.54) is 0 Å². The molecule has 9 N–H and O–H groups in total. The Hall–Kier alpha value is -3.86. The largest absolute Gasteiger partial charge is 0.480 e. The molecule has 2 aromatic rings. The van der Waals surface area contributed by atoms with Crippen LogP contribution in [0.5, 0.6) is 0 Å². The normalized spacial score (nSPS) is 11.5. The highest BCUT2D eigenvalue weighted by molar-refractivity contribution is 5.98. The molecule has 0 fully saturated rings. The summed E-state index contributed by atoms with van der Waals surface area (Å²) in [4.78, 5) is 40.0. The molecular formula is C23H32N6O5. The molecule has 1 heterocycles. The molecule has 0 unspecified atom stereocenters. The van der Waals surface area contributed by atoms with Crippen molar-refractivity contribution in [2.45, 2.75) is 45.1 Å². The Morgan fingerprint density at radius 2 is 1.82 bits per heavy atom. The predicted molar refractivity (Wildman–Crippen MR) is 129 cm³/mol. The van der Waals surface area contributed by atoms with Gasteiger partial charge in [-0.25, -0.2) is 4.79 Å². The number of carbonyl (C=O) groups excluding carboxylic acids is 2. The van der Waals surface area contributed by atoms with E-state index in [1.807, 2.05) is 0 Å². The Balaban J connectivity index is 2.02. The van der Waals surface area contributed by atoms with Gasteiger partial charge in [0, 0.05) is 24.2 Å². The Morgan fingerprint density at radius 1 is 1.12 bits per heavy atom. The van der Waals surface area contributed by atoms with Crippen LogP contribution in [-0.2, 0) is 9.59 Å². The van der Waals surface area contributed by atoms with Crippen molar-refractivity contribution in [2.75, 3.05) is 18.4 Å². The van der Waals surface area contributed by atoms with Crippen molar-refractivity contribution in [3.63, 3.8) is 0 Å². The number of rotatable bonds is 13. The van der Waals surface area contributed by atoms with Gasteiger partial charge in [0.2, 0.25) is 5.91 Å². The van der Waals surface area contributed by atoms with Crippen LogP contribution in [0.25, 0.3) is 11.3 Å². The average molecular weight is 473 g/mol. The highest BCUT2D eigenvalue weighted by Crippen LogP contribution is 2.27. The monoisotopic (exact) mass is 472 g/mol. The smallest absolute Gasteiger partial charge is 0.326 e. The van der Waals surface area contributed by atoms with E-state index in [0.717, 1.165) is 12.8 Å². The second-order valence-electron chi connectivity index (χ2n) is 7.76. The SMILES string of the molecule is Cc1oc(-c2ccc(NC(=O)CCCCN)cc2)cc1C(=O)N[C@@H](CCCN=C(N)N)C(=O)O. The summed E-state index contributed by atoms with van der Waals surface area (Å²) >= 11 is 0. The highest BCUT2D eigenvalue weighted by Gasteiger charge is 2.23. The number of amides is 2. The molecule has 34 heavy (non-hydrogen) atoms. The van der Waals surface area contributed by atoms with Gasteiger partial charge in [0.25, 0.3) is 5.91 Å². The fraction of sp³-hybridized carbons (Fsp3) is 0.391. The first-order valence-corrected chi connectivity index (χ1v) is 11.0. The lowest BCUT2D eigenvalue weighted by atomic mass is 10.1. The molecule has 0 aliphatic rings. The Kier molecular flexibility index (Phi) is 10.1. The number of unbranched alkanes of at least 4 members (excludes halogenated alkanes) is 1. The predicted octanol–water partition coefficient (Wildman–Crippen LogP) is 1.56. The van der Waals surface area contributed by atoms with Crippen LogP contribution in [0.4, 0.5) is 5.69 Å². The van der Waals surface area contributed by atoms with Crippen molar-refractivity contribution in [3.8, 4) is 11.3 Å². The van der Waals surface area contributed by atoms with E-state index in [4.69, 9.17) is 21.6 Å².